The third kappa shape index (κ3) is 9.14. The molecule has 0 saturated heterocycles. The first-order valence-corrected chi connectivity index (χ1v) is 24.6. The molecule has 7 heteroatoms. The van der Waals surface area contributed by atoms with E-state index in [0.29, 0.717) is 5.71 Å². The zero-order valence-corrected chi connectivity index (χ0v) is 40.0. The summed E-state index contributed by atoms with van der Waals surface area (Å²) in [6, 6.07) is 60.3. The van der Waals surface area contributed by atoms with Gasteiger partial charge in [-0.1, -0.05) is 148 Å². The van der Waals surface area contributed by atoms with Gasteiger partial charge in [0.05, 0.1) is 30.5 Å². The Balaban J connectivity index is 0.000000206. The molecule has 315 valence electrons. The number of imidazole rings is 1. The van der Waals surface area contributed by atoms with Crippen LogP contribution in [0.2, 0.25) is 19.6 Å². The Bertz CT molecular complexity index is 3280. The fourth-order valence-corrected chi connectivity index (χ4v) is 9.36. The van der Waals surface area contributed by atoms with Crippen molar-refractivity contribution in [3.8, 4) is 50.6 Å². The van der Waals surface area contributed by atoms with Gasteiger partial charge < -0.3 is 14.0 Å². The molecule has 4 heterocycles. The van der Waals surface area contributed by atoms with Crippen molar-refractivity contribution in [3.05, 3.63) is 187 Å². The Hall–Kier alpha value is -6.24. The van der Waals surface area contributed by atoms with E-state index in [9.17, 15) is 0 Å². The molecule has 0 aliphatic rings. The van der Waals surface area contributed by atoms with Gasteiger partial charge in [0.15, 0.2) is 0 Å². The van der Waals surface area contributed by atoms with Gasteiger partial charge in [-0.3, -0.25) is 4.98 Å². The van der Waals surface area contributed by atoms with Crippen LogP contribution >= 0.6 is 0 Å². The first-order valence-electron chi connectivity index (χ1n) is 22.1. The van der Waals surface area contributed by atoms with Gasteiger partial charge in [0, 0.05) is 51.4 Å². The molecular formula is C56H50IrN4OSi-2. The van der Waals surface area contributed by atoms with Crippen molar-refractivity contribution in [2.24, 2.45) is 5.41 Å². The van der Waals surface area contributed by atoms with E-state index in [1.54, 1.807) is 0 Å². The molecule has 5 nitrogen and oxygen atoms in total. The molecular weight excluding hydrogens is 965 g/mol. The maximum absolute atomic E-state index is 8.75. The van der Waals surface area contributed by atoms with Gasteiger partial charge >= 0.3 is 0 Å². The molecule has 0 unspecified atom stereocenters. The van der Waals surface area contributed by atoms with Crippen molar-refractivity contribution in [1.29, 1.82) is 0 Å². The molecule has 10 rings (SSSR count). The van der Waals surface area contributed by atoms with Gasteiger partial charge in [-0.2, -0.15) is 0 Å². The number of furan rings is 1. The minimum absolute atomic E-state index is 0. The summed E-state index contributed by atoms with van der Waals surface area (Å²) in [4.78, 5) is 14.5. The average Bonchev–Trinajstić information content (AvgIpc) is 3.87. The van der Waals surface area contributed by atoms with Crippen LogP contribution in [0.5, 0.6) is 0 Å². The van der Waals surface area contributed by atoms with Crippen molar-refractivity contribution in [2.45, 2.75) is 53.7 Å². The summed E-state index contributed by atoms with van der Waals surface area (Å²) in [6.07, 6.45) is 0.469. The van der Waals surface area contributed by atoms with Crippen molar-refractivity contribution in [1.82, 2.24) is 19.5 Å². The van der Waals surface area contributed by atoms with Crippen LogP contribution in [0.4, 0.5) is 0 Å². The topological polar surface area (TPSA) is 56.7 Å². The van der Waals surface area contributed by atoms with Gasteiger partial charge in [-0.05, 0) is 76.6 Å². The molecule has 0 N–H and O–H groups in total. The number of hydrogen-bond donors (Lipinski definition) is 0. The summed E-state index contributed by atoms with van der Waals surface area (Å²) in [7, 11) is -1.70. The third-order valence-corrected chi connectivity index (χ3v) is 12.9. The van der Waals surface area contributed by atoms with E-state index in [-0.39, 0.29) is 20.1 Å². The molecule has 0 amide bonds. The van der Waals surface area contributed by atoms with Crippen LogP contribution in [-0.2, 0) is 26.5 Å². The van der Waals surface area contributed by atoms with Crippen molar-refractivity contribution in [3.63, 3.8) is 0 Å². The van der Waals surface area contributed by atoms with Gasteiger partial charge in [0.25, 0.3) is 0 Å². The maximum Gasteiger partial charge on any atom is 0.216 e. The summed E-state index contributed by atoms with van der Waals surface area (Å²) >= 11 is 0. The molecule has 4 aromatic heterocycles. The molecule has 0 bridgehead atoms. The normalized spacial score (nSPS) is 12.4. The SMILES string of the molecule is Cc1ccc2c(n1)oc1c(-c3nc4ccccc4n3-c3cc(-c4ccccc4)ccc3-c3ccccc3)[c-]ccc12.[2H]C([2H])(c1cc(-c2[c-]cccc2)ncc1[Si](C)(C)C)C(C)(C)C.[Ir]. The van der Waals surface area contributed by atoms with Gasteiger partial charge in [0.1, 0.15) is 0 Å². The summed E-state index contributed by atoms with van der Waals surface area (Å²) in [5, 5.41) is 3.08. The van der Waals surface area contributed by atoms with Gasteiger partial charge in [-0.15, -0.1) is 54.1 Å². The fourth-order valence-electron chi connectivity index (χ4n) is 7.97. The van der Waals surface area contributed by atoms with Crippen LogP contribution in [-0.4, -0.2) is 27.6 Å². The molecule has 1 radical (unpaired) electrons. The summed E-state index contributed by atoms with van der Waals surface area (Å²) in [5.41, 5.74) is 12.6. The van der Waals surface area contributed by atoms with E-state index in [2.05, 4.69) is 137 Å². The Morgan fingerprint density at radius 1 is 0.698 bits per heavy atom. The number of pyridine rings is 2. The summed E-state index contributed by atoms with van der Waals surface area (Å²) < 4.78 is 26.2. The number of hydrogen-bond acceptors (Lipinski definition) is 4. The van der Waals surface area contributed by atoms with E-state index in [4.69, 9.17) is 12.1 Å². The molecule has 0 aliphatic carbocycles. The van der Waals surface area contributed by atoms with Crippen molar-refractivity contribution >= 4 is 46.4 Å². The molecule has 10 aromatic rings. The van der Waals surface area contributed by atoms with Crippen LogP contribution < -0.4 is 5.19 Å². The predicted molar refractivity (Wildman–Crippen MR) is 261 cm³/mol. The van der Waals surface area contributed by atoms with Gasteiger partial charge in [0.2, 0.25) is 5.71 Å². The number of para-hydroxylation sites is 2. The Labute approximate surface area is 388 Å². The molecule has 63 heavy (non-hydrogen) atoms. The number of aryl methyl sites for hydroxylation is 1. The van der Waals surface area contributed by atoms with Crippen molar-refractivity contribution in [2.75, 3.05) is 0 Å². The molecule has 0 aliphatic heterocycles. The average molecular weight is 1020 g/mol. The van der Waals surface area contributed by atoms with E-state index >= 15 is 0 Å². The molecule has 0 atom stereocenters. The molecule has 0 spiro atoms. The van der Waals surface area contributed by atoms with E-state index in [1.165, 1.54) is 0 Å². The van der Waals surface area contributed by atoms with Crippen LogP contribution in [0.1, 0.15) is 34.8 Å². The Morgan fingerprint density at radius 2 is 1.41 bits per heavy atom. The zero-order chi connectivity index (χ0) is 44.8. The minimum atomic E-state index is -1.70. The molecule has 0 saturated carbocycles. The number of benzene rings is 6. The second kappa shape index (κ2) is 17.9. The van der Waals surface area contributed by atoms with Crippen LogP contribution in [0, 0.1) is 24.5 Å². The smallest absolute Gasteiger partial charge is 0.216 e. The second-order valence-corrected chi connectivity index (χ2v) is 22.8. The molecule has 6 aromatic carbocycles. The number of aromatic nitrogens is 4. The van der Waals surface area contributed by atoms with Crippen molar-refractivity contribution < 1.29 is 27.3 Å². The summed E-state index contributed by atoms with van der Waals surface area (Å²) in [5.74, 6) is 0.773. The Morgan fingerprint density at radius 3 is 2.13 bits per heavy atom. The maximum atomic E-state index is 8.75. The molecule has 0 fully saturated rings. The van der Waals surface area contributed by atoms with Crippen LogP contribution in [0.3, 0.4) is 0 Å². The largest absolute Gasteiger partial charge is 0.486 e. The standard InChI is InChI=1S/C37H24N3O.C19H26NSi.Ir/c1-24-19-21-30-29-15-10-16-31(35(29)41-37(30)38-24)36-39-32-17-8-9-18-33(32)40(36)34-23-27(25-11-4-2-5-12-25)20-22-28(34)26-13-6-3-7-14-26;1-19(2,3)13-16-12-17(15-10-8-7-9-11-15)20-14-18(16)21(4,5)6;/h2-15,17-23H,1H3;7-10,12,14H,13H2,1-6H3;/q2*-1;/i;13D2;. The predicted octanol–water partition coefficient (Wildman–Crippen LogP) is 14.1. The number of fused-ring (bicyclic) bond motifs is 4. The van der Waals surface area contributed by atoms with Crippen LogP contribution in [0.25, 0.3) is 83.7 Å². The Kier molecular flexibility index (Phi) is 11.6. The third-order valence-electron chi connectivity index (χ3n) is 10.9. The zero-order valence-electron chi connectivity index (χ0n) is 38.6. The van der Waals surface area contributed by atoms with E-state index in [0.717, 1.165) is 94.4 Å². The van der Waals surface area contributed by atoms with E-state index in [1.807, 2.05) is 101 Å². The van der Waals surface area contributed by atoms with Gasteiger partial charge in [-0.25, -0.2) is 4.98 Å². The first kappa shape index (κ1) is 40.8. The number of nitrogens with zero attached hydrogens (tertiary/aromatic N) is 4. The van der Waals surface area contributed by atoms with E-state index < -0.39 is 19.9 Å². The minimum Gasteiger partial charge on any atom is -0.486 e. The fraction of sp³-hybridized carbons (Fsp3) is 0.161. The monoisotopic (exact) mass is 1020 g/mol. The summed E-state index contributed by atoms with van der Waals surface area (Å²) in [6.45, 7) is 14.5. The first-order chi connectivity index (χ1) is 30.7. The second-order valence-electron chi connectivity index (χ2n) is 17.7. The van der Waals surface area contributed by atoms with Crippen LogP contribution in [0.15, 0.2) is 168 Å². The quantitative estimate of drug-likeness (QED) is 0.118. The number of rotatable bonds is 7.